The number of thiophene rings is 1. The van der Waals surface area contributed by atoms with Gasteiger partial charge in [0.05, 0.1) is 10.9 Å². The molecule has 0 spiro atoms. The van der Waals surface area contributed by atoms with E-state index < -0.39 is 5.60 Å². The second kappa shape index (κ2) is 10.8. The summed E-state index contributed by atoms with van der Waals surface area (Å²) in [6.07, 6.45) is 0.808. The van der Waals surface area contributed by atoms with Gasteiger partial charge in [0.2, 0.25) is 5.90 Å². The molecule has 2 heterocycles. The van der Waals surface area contributed by atoms with Crippen molar-refractivity contribution in [2.45, 2.75) is 18.1 Å². The maximum absolute atomic E-state index is 12.8. The van der Waals surface area contributed by atoms with Crippen molar-refractivity contribution in [3.8, 4) is 10.4 Å². The summed E-state index contributed by atoms with van der Waals surface area (Å²) in [5.41, 5.74) is 3.34. The monoisotopic (exact) mass is 551 g/mol. The third-order valence-electron chi connectivity index (χ3n) is 7.78. The summed E-state index contributed by atoms with van der Waals surface area (Å²) in [7, 11) is 0. The van der Waals surface area contributed by atoms with E-state index >= 15 is 0 Å². The van der Waals surface area contributed by atoms with Gasteiger partial charge in [-0.1, -0.05) is 133 Å². The molecule has 3 nitrogen and oxygen atoms in total. The molecule has 0 radical (unpaired) electrons. The van der Waals surface area contributed by atoms with Crippen LogP contribution in [-0.2, 0) is 16.8 Å². The molecule has 200 valence electrons. The second-order valence-electron chi connectivity index (χ2n) is 10.4. The summed E-state index contributed by atoms with van der Waals surface area (Å²) in [5.74, 6) is 0.600. The number of fused-ring (bicyclic) bond motifs is 1. The normalized spacial score (nSPS) is 15.0. The maximum Gasteiger partial charge on any atom is 0.227 e. The van der Waals surface area contributed by atoms with E-state index in [0.717, 1.165) is 38.4 Å². The van der Waals surface area contributed by atoms with Gasteiger partial charge in [-0.15, -0.1) is 11.3 Å². The Balaban J connectivity index is 1.43. The molecular formula is C37H29NO2S. The number of aliphatic imine (C=N–C) groups is 1. The first-order valence-electron chi connectivity index (χ1n) is 13.9. The third kappa shape index (κ3) is 4.76. The third-order valence-corrected chi connectivity index (χ3v) is 8.94. The highest BCUT2D eigenvalue weighted by Gasteiger charge is 2.39. The van der Waals surface area contributed by atoms with Gasteiger partial charge in [0, 0.05) is 10.4 Å². The average molecular weight is 552 g/mol. The zero-order chi connectivity index (χ0) is 27.6. The van der Waals surface area contributed by atoms with E-state index in [1.165, 1.54) is 16.3 Å². The first kappa shape index (κ1) is 25.5. The molecule has 1 aliphatic heterocycles. The molecule has 5 aromatic carbocycles. The molecule has 1 N–H and O–H groups in total. The van der Waals surface area contributed by atoms with Crippen molar-refractivity contribution in [3.63, 3.8) is 0 Å². The lowest BCUT2D eigenvalue weighted by molar-refractivity contribution is 0.126. The van der Waals surface area contributed by atoms with E-state index in [9.17, 15) is 5.11 Å². The molecule has 0 bridgehead atoms. The number of aliphatic hydroxyl groups is 1. The van der Waals surface area contributed by atoms with Crippen LogP contribution < -0.4 is 0 Å². The smallest absolute Gasteiger partial charge is 0.227 e. The molecule has 0 fully saturated rings. The van der Waals surface area contributed by atoms with E-state index in [4.69, 9.17) is 9.73 Å². The predicted octanol–water partition coefficient (Wildman–Crippen LogP) is 8.24. The van der Waals surface area contributed by atoms with Crippen molar-refractivity contribution in [1.29, 1.82) is 0 Å². The van der Waals surface area contributed by atoms with Crippen LogP contribution in [0.25, 0.3) is 21.2 Å². The summed E-state index contributed by atoms with van der Waals surface area (Å²) >= 11 is 1.63. The maximum atomic E-state index is 12.8. The highest BCUT2D eigenvalue weighted by atomic mass is 32.1. The van der Waals surface area contributed by atoms with Gasteiger partial charge in [-0.3, -0.25) is 0 Å². The van der Waals surface area contributed by atoms with E-state index in [2.05, 4.69) is 72.8 Å². The lowest BCUT2D eigenvalue weighted by Gasteiger charge is -2.30. The minimum absolute atomic E-state index is 0.0184. The lowest BCUT2D eigenvalue weighted by Crippen LogP contribution is -2.30. The van der Waals surface area contributed by atoms with Crippen LogP contribution in [0.4, 0.5) is 0 Å². The molecule has 1 atom stereocenters. The van der Waals surface area contributed by atoms with Crippen molar-refractivity contribution in [3.05, 3.63) is 167 Å². The summed E-state index contributed by atoms with van der Waals surface area (Å²) in [5, 5.41) is 15.2. The summed E-state index contributed by atoms with van der Waals surface area (Å²) in [4.78, 5) is 7.00. The number of hydrogen-bond donors (Lipinski definition) is 1. The highest BCUT2D eigenvalue weighted by Crippen LogP contribution is 2.45. The molecule has 41 heavy (non-hydrogen) atoms. The van der Waals surface area contributed by atoms with Crippen LogP contribution in [0.2, 0.25) is 0 Å². The topological polar surface area (TPSA) is 41.8 Å². The molecule has 0 saturated heterocycles. The van der Waals surface area contributed by atoms with Crippen LogP contribution >= 0.6 is 11.3 Å². The molecular weight excluding hydrogens is 522 g/mol. The molecule has 1 aromatic heterocycles. The van der Waals surface area contributed by atoms with Gasteiger partial charge in [-0.2, -0.15) is 0 Å². The molecule has 6 aromatic rings. The first-order chi connectivity index (χ1) is 20.2. The molecule has 4 heteroatoms. The SMILES string of the molecule is OC(c1ccccc1)(c1ccccc1)c1cc(-c2cccc3ccccc23)sc1C1=N[C@@H](Cc2ccccc2)CO1. The van der Waals surface area contributed by atoms with Gasteiger partial charge in [-0.05, 0) is 45.5 Å². The molecule has 0 aliphatic carbocycles. The fourth-order valence-electron chi connectivity index (χ4n) is 5.76. The molecule has 7 rings (SSSR count). The van der Waals surface area contributed by atoms with Crippen molar-refractivity contribution in [2.75, 3.05) is 6.61 Å². The quantitative estimate of drug-likeness (QED) is 0.217. The zero-order valence-electron chi connectivity index (χ0n) is 22.5. The molecule has 1 aliphatic rings. The predicted molar refractivity (Wildman–Crippen MR) is 169 cm³/mol. The average Bonchev–Trinajstić information content (AvgIpc) is 3.70. The minimum Gasteiger partial charge on any atom is -0.475 e. The van der Waals surface area contributed by atoms with E-state index in [1.807, 2.05) is 66.7 Å². The number of benzene rings is 5. The largest absolute Gasteiger partial charge is 0.475 e. The zero-order valence-corrected chi connectivity index (χ0v) is 23.3. The fraction of sp³-hybridized carbons (Fsp3) is 0.108. The van der Waals surface area contributed by atoms with Gasteiger partial charge in [0.25, 0.3) is 0 Å². The van der Waals surface area contributed by atoms with Gasteiger partial charge >= 0.3 is 0 Å². The Morgan fingerprint density at radius 3 is 2.05 bits per heavy atom. The molecule has 0 unspecified atom stereocenters. The minimum atomic E-state index is -1.40. The fourth-order valence-corrected chi connectivity index (χ4v) is 6.96. The van der Waals surface area contributed by atoms with E-state index in [1.54, 1.807) is 11.3 Å². The Morgan fingerprint density at radius 2 is 1.34 bits per heavy atom. The second-order valence-corrected chi connectivity index (χ2v) is 11.5. The Bertz CT molecular complexity index is 1780. The van der Waals surface area contributed by atoms with Crippen LogP contribution in [-0.4, -0.2) is 23.7 Å². The summed E-state index contributed by atoms with van der Waals surface area (Å²) in [6.45, 7) is 0.514. The number of hydrogen-bond acceptors (Lipinski definition) is 4. The number of rotatable bonds is 7. The summed E-state index contributed by atoms with van der Waals surface area (Å²) in [6, 6.07) is 47.2. The van der Waals surface area contributed by atoms with Gasteiger partial charge in [0.15, 0.2) is 0 Å². The number of nitrogens with zero attached hydrogens (tertiary/aromatic N) is 1. The van der Waals surface area contributed by atoms with Gasteiger partial charge in [-0.25, -0.2) is 4.99 Å². The number of ether oxygens (including phenoxy) is 1. The Kier molecular flexibility index (Phi) is 6.71. The van der Waals surface area contributed by atoms with E-state index in [0.29, 0.717) is 12.5 Å². The van der Waals surface area contributed by atoms with Crippen molar-refractivity contribution in [1.82, 2.24) is 0 Å². The van der Waals surface area contributed by atoms with Crippen LogP contribution in [0.3, 0.4) is 0 Å². The van der Waals surface area contributed by atoms with Crippen molar-refractivity contribution >= 4 is 28.0 Å². The van der Waals surface area contributed by atoms with Gasteiger partial charge < -0.3 is 9.84 Å². The standard InChI is InChI=1S/C37H29NO2S/c39-37(28-17-6-2-7-18-28,29-19-8-3-9-20-29)33-24-34(32-22-12-16-27-15-10-11-21-31(27)32)41-35(33)36-38-30(25-40-36)23-26-13-4-1-5-14-26/h1-22,24,30,39H,23,25H2/t30-/m0/s1. The Labute approximate surface area is 244 Å². The highest BCUT2D eigenvalue weighted by molar-refractivity contribution is 7.17. The summed E-state index contributed by atoms with van der Waals surface area (Å²) < 4.78 is 6.32. The molecule has 0 amide bonds. The van der Waals surface area contributed by atoms with Crippen LogP contribution in [0.1, 0.15) is 27.1 Å². The van der Waals surface area contributed by atoms with Crippen LogP contribution in [0.15, 0.2) is 145 Å². The Hall–Kier alpha value is -4.51. The van der Waals surface area contributed by atoms with Gasteiger partial charge in [0.1, 0.15) is 12.2 Å². The Morgan fingerprint density at radius 1 is 0.732 bits per heavy atom. The van der Waals surface area contributed by atoms with E-state index in [-0.39, 0.29) is 6.04 Å². The van der Waals surface area contributed by atoms with Crippen molar-refractivity contribution in [2.24, 2.45) is 4.99 Å². The van der Waals surface area contributed by atoms with Crippen molar-refractivity contribution < 1.29 is 9.84 Å². The van der Waals surface area contributed by atoms with Crippen LogP contribution in [0, 0.1) is 0 Å². The lowest BCUT2D eigenvalue weighted by atomic mass is 9.80. The first-order valence-corrected chi connectivity index (χ1v) is 14.7. The van der Waals surface area contributed by atoms with Crippen LogP contribution in [0.5, 0.6) is 0 Å². The molecule has 0 saturated carbocycles.